The molecule has 25 heavy (non-hydrogen) atoms. The Balaban J connectivity index is 1.80. The summed E-state index contributed by atoms with van der Waals surface area (Å²) < 4.78 is 0. The summed E-state index contributed by atoms with van der Waals surface area (Å²) in [4.78, 5) is 20.6. The maximum absolute atomic E-state index is 12.3. The van der Waals surface area contributed by atoms with Crippen LogP contribution in [-0.2, 0) is 0 Å². The summed E-state index contributed by atoms with van der Waals surface area (Å²) in [5, 5.41) is 7.01. The average molecular weight is 394 g/mol. The second kappa shape index (κ2) is 7.70. The van der Waals surface area contributed by atoms with Gasteiger partial charge >= 0.3 is 0 Å². The number of carbonyl (C=O) groups is 1. The van der Waals surface area contributed by atoms with Crippen molar-refractivity contribution in [3.05, 3.63) is 75.5 Å². The molecule has 1 aromatic heterocycles. The van der Waals surface area contributed by atoms with E-state index < -0.39 is 5.91 Å². The Morgan fingerprint density at radius 2 is 1.68 bits per heavy atom. The van der Waals surface area contributed by atoms with Crippen molar-refractivity contribution < 1.29 is 4.79 Å². The third-order valence-corrected chi connectivity index (χ3v) is 4.04. The molecule has 2 N–H and O–H groups in total. The number of carbonyl (C=O) groups excluding carboxylic acids is 1. The molecule has 0 aliphatic carbocycles. The maximum Gasteiger partial charge on any atom is 0.274 e. The standard InChI is InChI=1S/C17H11Cl3N4O/c18-10-3-1-4-11(9-10)22-16(25)14-7-8-21-17(23-14)24-15-12(19)5-2-6-13(15)20/h1-9H,(H,22,25)(H,21,23,24). The molecular formula is C17H11Cl3N4O. The van der Waals surface area contributed by atoms with Crippen LogP contribution in [0.4, 0.5) is 17.3 Å². The summed E-state index contributed by atoms with van der Waals surface area (Å²) in [6, 6.07) is 13.4. The topological polar surface area (TPSA) is 66.9 Å². The van der Waals surface area contributed by atoms with Gasteiger partial charge in [-0.3, -0.25) is 4.79 Å². The summed E-state index contributed by atoms with van der Waals surface area (Å²) in [5.74, 6) is -0.188. The number of anilines is 3. The molecule has 0 unspecified atom stereocenters. The summed E-state index contributed by atoms with van der Waals surface area (Å²) in [6.45, 7) is 0. The van der Waals surface area contributed by atoms with Crippen LogP contribution in [-0.4, -0.2) is 15.9 Å². The molecule has 0 saturated carbocycles. The van der Waals surface area contributed by atoms with Gasteiger partial charge in [-0.15, -0.1) is 0 Å². The number of aromatic nitrogens is 2. The first kappa shape index (κ1) is 17.5. The van der Waals surface area contributed by atoms with Crippen molar-refractivity contribution in [1.29, 1.82) is 0 Å². The number of rotatable bonds is 4. The second-order valence-electron chi connectivity index (χ2n) is 4.95. The van der Waals surface area contributed by atoms with E-state index in [4.69, 9.17) is 34.8 Å². The highest BCUT2D eigenvalue weighted by Gasteiger charge is 2.12. The number of hydrogen-bond donors (Lipinski definition) is 2. The molecular weight excluding hydrogens is 383 g/mol. The minimum Gasteiger partial charge on any atom is -0.322 e. The van der Waals surface area contributed by atoms with Gasteiger partial charge in [-0.1, -0.05) is 46.9 Å². The van der Waals surface area contributed by atoms with Crippen molar-refractivity contribution in [2.45, 2.75) is 0 Å². The average Bonchev–Trinajstić information content (AvgIpc) is 2.58. The van der Waals surface area contributed by atoms with Gasteiger partial charge in [0.25, 0.3) is 5.91 Å². The van der Waals surface area contributed by atoms with Gasteiger partial charge in [0.15, 0.2) is 0 Å². The van der Waals surface area contributed by atoms with E-state index in [0.717, 1.165) is 0 Å². The molecule has 1 amide bonds. The normalized spacial score (nSPS) is 10.4. The van der Waals surface area contributed by atoms with E-state index >= 15 is 0 Å². The minimum absolute atomic E-state index is 0.181. The van der Waals surface area contributed by atoms with E-state index in [2.05, 4.69) is 20.6 Å². The summed E-state index contributed by atoms with van der Waals surface area (Å²) >= 11 is 18.1. The molecule has 0 fully saturated rings. The molecule has 3 rings (SSSR count). The van der Waals surface area contributed by atoms with Crippen LogP contribution in [0, 0.1) is 0 Å². The van der Waals surface area contributed by atoms with Gasteiger partial charge in [-0.2, -0.15) is 0 Å². The molecule has 0 saturated heterocycles. The highest BCUT2D eigenvalue weighted by Crippen LogP contribution is 2.31. The number of para-hydroxylation sites is 1. The highest BCUT2D eigenvalue weighted by atomic mass is 35.5. The Morgan fingerprint density at radius 3 is 2.40 bits per heavy atom. The zero-order valence-corrected chi connectivity index (χ0v) is 14.9. The van der Waals surface area contributed by atoms with Gasteiger partial charge < -0.3 is 10.6 Å². The SMILES string of the molecule is O=C(Nc1cccc(Cl)c1)c1ccnc(Nc2c(Cl)cccc2Cl)n1. The first-order valence-corrected chi connectivity index (χ1v) is 8.27. The third-order valence-electron chi connectivity index (χ3n) is 3.17. The predicted octanol–water partition coefficient (Wildman–Crippen LogP) is 5.43. The fourth-order valence-electron chi connectivity index (χ4n) is 2.04. The van der Waals surface area contributed by atoms with Gasteiger partial charge in [-0.25, -0.2) is 9.97 Å². The zero-order valence-electron chi connectivity index (χ0n) is 12.6. The van der Waals surface area contributed by atoms with Crippen LogP contribution in [0.3, 0.4) is 0 Å². The summed E-state index contributed by atoms with van der Waals surface area (Å²) in [7, 11) is 0. The van der Waals surface area contributed by atoms with Crippen LogP contribution in [0.1, 0.15) is 10.5 Å². The van der Waals surface area contributed by atoms with Gasteiger partial charge in [0, 0.05) is 16.9 Å². The number of benzene rings is 2. The molecule has 1 heterocycles. The monoisotopic (exact) mass is 392 g/mol. The van der Waals surface area contributed by atoms with Crippen molar-refractivity contribution in [1.82, 2.24) is 9.97 Å². The number of hydrogen-bond acceptors (Lipinski definition) is 4. The lowest BCUT2D eigenvalue weighted by Crippen LogP contribution is -2.14. The maximum atomic E-state index is 12.3. The molecule has 0 aliphatic rings. The fraction of sp³-hybridized carbons (Fsp3) is 0. The summed E-state index contributed by atoms with van der Waals surface area (Å²) in [6.07, 6.45) is 1.47. The number of nitrogens with one attached hydrogen (secondary N) is 2. The molecule has 0 atom stereocenters. The Hall–Kier alpha value is -2.34. The minimum atomic E-state index is -0.391. The lowest BCUT2D eigenvalue weighted by molar-refractivity contribution is 0.102. The van der Waals surface area contributed by atoms with Crippen molar-refractivity contribution in [3.8, 4) is 0 Å². The Labute approximate surface area is 159 Å². The molecule has 126 valence electrons. The van der Waals surface area contributed by atoms with E-state index in [0.29, 0.717) is 26.4 Å². The molecule has 3 aromatic rings. The quantitative estimate of drug-likeness (QED) is 0.620. The van der Waals surface area contributed by atoms with E-state index in [-0.39, 0.29) is 11.6 Å². The zero-order chi connectivity index (χ0) is 17.8. The molecule has 0 radical (unpaired) electrons. The molecule has 0 bridgehead atoms. The van der Waals surface area contributed by atoms with Crippen molar-refractivity contribution in [3.63, 3.8) is 0 Å². The first-order valence-electron chi connectivity index (χ1n) is 7.14. The van der Waals surface area contributed by atoms with E-state index in [1.165, 1.54) is 12.3 Å². The molecule has 2 aromatic carbocycles. The van der Waals surface area contributed by atoms with E-state index in [1.54, 1.807) is 42.5 Å². The number of amides is 1. The van der Waals surface area contributed by atoms with Crippen molar-refractivity contribution in [2.24, 2.45) is 0 Å². The summed E-state index contributed by atoms with van der Waals surface area (Å²) in [5.41, 5.74) is 1.22. The van der Waals surface area contributed by atoms with E-state index in [9.17, 15) is 4.79 Å². The predicted molar refractivity (Wildman–Crippen MR) is 101 cm³/mol. The first-order chi connectivity index (χ1) is 12.0. The van der Waals surface area contributed by atoms with Crippen LogP contribution >= 0.6 is 34.8 Å². The largest absolute Gasteiger partial charge is 0.322 e. The van der Waals surface area contributed by atoms with Gasteiger partial charge in [0.05, 0.1) is 15.7 Å². The number of nitrogens with zero attached hydrogens (tertiary/aromatic N) is 2. The van der Waals surface area contributed by atoms with Crippen LogP contribution in [0.15, 0.2) is 54.7 Å². The van der Waals surface area contributed by atoms with Crippen LogP contribution in [0.5, 0.6) is 0 Å². The lowest BCUT2D eigenvalue weighted by atomic mass is 10.3. The fourth-order valence-corrected chi connectivity index (χ4v) is 2.72. The molecule has 8 heteroatoms. The Morgan fingerprint density at radius 1 is 0.960 bits per heavy atom. The smallest absolute Gasteiger partial charge is 0.274 e. The van der Waals surface area contributed by atoms with Crippen LogP contribution < -0.4 is 10.6 Å². The van der Waals surface area contributed by atoms with Crippen LogP contribution in [0.25, 0.3) is 0 Å². The lowest BCUT2D eigenvalue weighted by Gasteiger charge is -2.10. The van der Waals surface area contributed by atoms with Gasteiger partial charge in [0.1, 0.15) is 5.69 Å². The molecule has 0 aliphatic heterocycles. The molecule has 0 spiro atoms. The highest BCUT2D eigenvalue weighted by molar-refractivity contribution is 6.39. The van der Waals surface area contributed by atoms with Crippen molar-refractivity contribution >= 4 is 58.0 Å². The van der Waals surface area contributed by atoms with Gasteiger partial charge in [-0.05, 0) is 36.4 Å². The van der Waals surface area contributed by atoms with Crippen LogP contribution in [0.2, 0.25) is 15.1 Å². The van der Waals surface area contributed by atoms with E-state index in [1.807, 2.05) is 0 Å². The number of halogens is 3. The van der Waals surface area contributed by atoms with Crippen molar-refractivity contribution in [2.75, 3.05) is 10.6 Å². The third kappa shape index (κ3) is 4.39. The van der Waals surface area contributed by atoms with Gasteiger partial charge in [0.2, 0.25) is 5.95 Å². The Bertz CT molecular complexity index is 913. The second-order valence-corrected chi connectivity index (χ2v) is 6.20. The Kier molecular flexibility index (Phi) is 5.38. The molecule has 5 nitrogen and oxygen atoms in total.